The predicted octanol–water partition coefficient (Wildman–Crippen LogP) is 7.33. The zero-order valence-electron chi connectivity index (χ0n) is 24.4. The number of amides is 2. The van der Waals surface area contributed by atoms with E-state index in [0.717, 1.165) is 41.1 Å². The van der Waals surface area contributed by atoms with Gasteiger partial charge in [-0.05, 0) is 80.6 Å². The summed E-state index contributed by atoms with van der Waals surface area (Å²) in [7, 11) is -4.20. The summed E-state index contributed by atoms with van der Waals surface area (Å²) in [6.45, 7) is 4.91. The standard InChI is InChI=1S/C32H36Cl3N3O4S/c1-4-30(32(40)36-25-7-5-6-8-25)37(19-23-12-13-24(33)17-29(23)35)31(39)20-38(26-14-11-22(3)28(34)18-26)43(41,42)27-15-9-21(2)10-16-27/h9-18,25,30H,4-8,19-20H2,1-3H3,(H,36,40)/t30-/m0/s1. The quantitative estimate of drug-likeness (QED) is 0.233. The molecule has 11 heteroatoms. The number of halogens is 3. The van der Waals surface area contributed by atoms with Gasteiger partial charge in [0.25, 0.3) is 10.0 Å². The minimum atomic E-state index is -4.20. The van der Waals surface area contributed by atoms with Crippen molar-refractivity contribution in [3.05, 3.63) is 92.4 Å². The van der Waals surface area contributed by atoms with Crippen LogP contribution in [0, 0.1) is 13.8 Å². The molecule has 0 aromatic heterocycles. The summed E-state index contributed by atoms with van der Waals surface area (Å²) >= 11 is 19.0. The molecule has 0 aliphatic heterocycles. The average Bonchev–Trinajstić information content (AvgIpc) is 3.47. The van der Waals surface area contributed by atoms with E-state index in [9.17, 15) is 18.0 Å². The van der Waals surface area contributed by atoms with Crippen LogP contribution in [0.1, 0.15) is 55.7 Å². The summed E-state index contributed by atoms with van der Waals surface area (Å²) in [5.74, 6) is -0.842. The molecular weight excluding hydrogens is 629 g/mol. The number of carbonyl (C=O) groups excluding carboxylic acids is 2. The van der Waals surface area contributed by atoms with Crippen molar-refractivity contribution >= 4 is 62.3 Å². The molecule has 0 heterocycles. The van der Waals surface area contributed by atoms with Gasteiger partial charge < -0.3 is 10.2 Å². The lowest BCUT2D eigenvalue weighted by Gasteiger charge is -2.34. The Bertz CT molecular complexity index is 1580. The van der Waals surface area contributed by atoms with Crippen molar-refractivity contribution in [3.8, 4) is 0 Å². The van der Waals surface area contributed by atoms with Gasteiger partial charge in [-0.3, -0.25) is 13.9 Å². The van der Waals surface area contributed by atoms with E-state index >= 15 is 0 Å². The first kappa shape index (κ1) is 33.1. The van der Waals surface area contributed by atoms with E-state index in [1.54, 1.807) is 42.5 Å². The van der Waals surface area contributed by atoms with Crippen LogP contribution < -0.4 is 9.62 Å². The summed E-state index contributed by atoms with van der Waals surface area (Å²) < 4.78 is 29.1. The summed E-state index contributed by atoms with van der Waals surface area (Å²) in [4.78, 5) is 29.3. The van der Waals surface area contributed by atoms with Gasteiger partial charge in [0.15, 0.2) is 0 Å². The summed E-state index contributed by atoms with van der Waals surface area (Å²) in [5.41, 5.74) is 2.47. The molecule has 3 aromatic rings. The first-order chi connectivity index (χ1) is 20.4. The molecular formula is C32H36Cl3N3O4S. The molecule has 0 spiro atoms. The number of carbonyl (C=O) groups is 2. The minimum Gasteiger partial charge on any atom is -0.352 e. The van der Waals surface area contributed by atoms with Crippen molar-refractivity contribution < 1.29 is 18.0 Å². The number of anilines is 1. The molecule has 1 aliphatic carbocycles. The van der Waals surface area contributed by atoms with E-state index in [2.05, 4.69) is 5.32 Å². The van der Waals surface area contributed by atoms with Crippen LogP contribution in [0.25, 0.3) is 0 Å². The minimum absolute atomic E-state index is 0.0154. The number of benzene rings is 3. The average molecular weight is 665 g/mol. The van der Waals surface area contributed by atoms with Gasteiger partial charge in [0.2, 0.25) is 11.8 Å². The summed E-state index contributed by atoms with van der Waals surface area (Å²) in [6.07, 6.45) is 4.16. The number of aryl methyl sites for hydroxylation is 2. The van der Waals surface area contributed by atoms with Crippen LogP contribution in [-0.2, 0) is 26.2 Å². The topological polar surface area (TPSA) is 86.8 Å². The van der Waals surface area contributed by atoms with Gasteiger partial charge in [-0.2, -0.15) is 0 Å². The van der Waals surface area contributed by atoms with Gasteiger partial charge in [-0.15, -0.1) is 0 Å². The third-order valence-electron chi connectivity index (χ3n) is 7.77. The Labute approximate surface area is 269 Å². The molecule has 0 bridgehead atoms. The van der Waals surface area contributed by atoms with Gasteiger partial charge in [0.1, 0.15) is 12.6 Å². The SMILES string of the molecule is CC[C@@H](C(=O)NC1CCCC1)N(Cc1ccc(Cl)cc1Cl)C(=O)CN(c1ccc(C)c(Cl)c1)S(=O)(=O)c1ccc(C)cc1. The van der Waals surface area contributed by atoms with Crippen molar-refractivity contribution in [3.63, 3.8) is 0 Å². The summed E-state index contributed by atoms with van der Waals surface area (Å²) in [6, 6.07) is 15.4. The lowest BCUT2D eigenvalue weighted by molar-refractivity contribution is -0.140. The fraction of sp³-hybridized carbons (Fsp3) is 0.375. The van der Waals surface area contributed by atoms with Crippen molar-refractivity contribution in [2.75, 3.05) is 10.8 Å². The Hall–Kier alpha value is -2.78. The molecule has 1 N–H and O–H groups in total. The zero-order chi connectivity index (χ0) is 31.3. The molecule has 3 aromatic carbocycles. The molecule has 0 saturated heterocycles. The van der Waals surface area contributed by atoms with Crippen LogP contribution in [-0.4, -0.2) is 43.8 Å². The normalized spacial score (nSPS) is 14.4. The maximum Gasteiger partial charge on any atom is 0.264 e. The second-order valence-corrected chi connectivity index (χ2v) is 14.0. The molecule has 43 heavy (non-hydrogen) atoms. The number of nitrogens with one attached hydrogen (secondary N) is 1. The van der Waals surface area contributed by atoms with Crippen LogP contribution in [0.2, 0.25) is 15.1 Å². The largest absolute Gasteiger partial charge is 0.352 e. The van der Waals surface area contributed by atoms with E-state index in [0.29, 0.717) is 27.1 Å². The highest BCUT2D eigenvalue weighted by molar-refractivity contribution is 7.92. The van der Waals surface area contributed by atoms with Crippen molar-refractivity contribution in [2.24, 2.45) is 0 Å². The molecule has 0 unspecified atom stereocenters. The molecule has 1 atom stereocenters. The Kier molecular flexibility index (Phi) is 11.0. The van der Waals surface area contributed by atoms with E-state index < -0.39 is 28.5 Å². The van der Waals surface area contributed by atoms with Crippen LogP contribution in [0.3, 0.4) is 0 Å². The van der Waals surface area contributed by atoms with Crippen molar-refractivity contribution in [2.45, 2.75) is 76.4 Å². The number of hydrogen-bond acceptors (Lipinski definition) is 4. The Morgan fingerprint density at radius 2 is 1.60 bits per heavy atom. The maximum absolute atomic E-state index is 14.3. The number of rotatable bonds is 11. The highest BCUT2D eigenvalue weighted by atomic mass is 35.5. The molecule has 1 fully saturated rings. The lowest BCUT2D eigenvalue weighted by Crippen LogP contribution is -2.53. The Morgan fingerprint density at radius 1 is 0.930 bits per heavy atom. The smallest absolute Gasteiger partial charge is 0.264 e. The number of nitrogens with zero attached hydrogens (tertiary/aromatic N) is 2. The Balaban J connectivity index is 1.75. The second kappa shape index (κ2) is 14.3. The van der Waals surface area contributed by atoms with Gasteiger partial charge in [0, 0.05) is 27.7 Å². The summed E-state index contributed by atoms with van der Waals surface area (Å²) in [5, 5.41) is 4.23. The van der Waals surface area contributed by atoms with Crippen LogP contribution in [0.15, 0.2) is 65.6 Å². The van der Waals surface area contributed by atoms with E-state index in [4.69, 9.17) is 34.8 Å². The van der Waals surface area contributed by atoms with E-state index in [-0.39, 0.29) is 29.1 Å². The van der Waals surface area contributed by atoms with Gasteiger partial charge in [-0.25, -0.2) is 8.42 Å². The maximum atomic E-state index is 14.3. The van der Waals surface area contributed by atoms with Crippen molar-refractivity contribution in [1.82, 2.24) is 10.2 Å². The number of sulfonamides is 1. The third kappa shape index (κ3) is 8.04. The molecule has 1 aliphatic rings. The van der Waals surface area contributed by atoms with E-state index in [1.807, 2.05) is 20.8 Å². The molecule has 230 valence electrons. The highest BCUT2D eigenvalue weighted by Gasteiger charge is 2.35. The predicted molar refractivity (Wildman–Crippen MR) is 173 cm³/mol. The monoisotopic (exact) mass is 663 g/mol. The number of hydrogen-bond donors (Lipinski definition) is 1. The van der Waals surface area contributed by atoms with E-state index in [1.165, 1.54) is 23.1 Å². The van der Waals surface area contributed by atoms with Gasteiger partial charge in [-0.1, -0.05) is 84.4 Å². The molecule has 4 rings (SSSR count). The van der Waals surface area contributed by atoms with Gasteiger partial charge in [0.05, 0.1) is 10.6 Å². The second-order valence-electron chi connectivity index (χ2n) is 10.9. The molecule has 0 radical (unpaired) electrons. The van der Waals surface area contributed by atoms with Crippen LogP contribution in [0.4, 0.5) is 5.69 Å². The Morgan fingerprint density at radius 3 is 2.21 bits per heavy atom. The molecule has 2 amide bonds. The van der Waals surface area contributed by atoms with Gasteiger partial charge >= 0.3 is 0 Å². The van der Waals surface area contributed by atoms with Crippen LogP contribution >= 0.6 is 34.8 Å². The zero-order valence-corrected chi connectivity index (χ0v) is 27.5. The van der Waals surface area contributed by atoms with Crippen molar-refractivity contribution in [1.29, 1.82) is 0 Å². The first-order valence-electron chi connectivity index (χ1n) is 14.3. The molecule has 7 nitrogen and oxygen atoms in total. The first-order valence-corrected chi connectivity index (χ1v) is 16.9. The fourth-order valence-corrected chi connectivity index (χ4v) is 7.27. The third-order valence-corrected chi connectivity index (χ3v) is 10.6. The fourth-order valence-electron chi connectivity index (χ4n) is 5.22. The van der Waals surface area contributed by atoms with Crippen LogP contribution in [0.5, 0.6) is 0 Å². The highest BCUT2D eigenvalue weighted by Crippen LogP contribution is 2.30. The molecule has 1 saturated carbocycles. The lowest BCUT2D eigenvalue weighted by atomic mass is 10.1.